The molecule has 0 saturated carbocycles. The fraction of sp³-hybridized carbons (Fsp3) is 0.500. The number of rotatable bonds is 5. The zero-order valence-corrected chi connectivity index (χ0v) is 15.3. The van der Waals surface area contributed by atoms with Gasteiger partial charge in [-0.3, -0.25) is 4.79 Å². The predicted octanol–water partition coefficient (Wildman–Crippen LogP) is -0.138. The number of amides is 1. The van der Waals surface area contributed by atoms with Crippen molar-refractivity contribution < 1.29 is 26.4 Å². The molecule has 24 heavy (non-hydrogen) atoms. The number of sulfonamides is 1. The Morgan fingerprint density at radius 1 is 1.38 bits per heavy atom. The fourth-order valence-electron chi connectivity index (χ4n) is 2.58. The molecule has 1 aliphatic heterocycles. The Labute approximate surface area is 141 Å². The molecule has 1 heterocycles. The second-order valence-corrected chi connectivity index (χ2v) is 9.63. The predicted molar refractivity (Wildman–Crippen MR) is 88.4 cm³/mol. The number of carbonyl (C=O) groups is 1. The van der Waals surface area contributed by atoms with Crippen LogP contribution >= 0.6 is 0 Å². The lowest BCUT2D eigenvalue weighted by molar-refractivity contribution is 0.0747. The summed E-state index contributed by atoms with van der Waals surface area (Å²) >= 11 is 0. The molecule has 8 nitrogen and oxygen atoms in total. The Morgan fingerprint density at radius 2 is 2.04 bits per heavy atom. The number of carbonyl (C=O) groups excluding carboxylic acids is 1. The van der Waals surface area contributed by atoms with Crippen LogP contribution in [-0.2, 0) is 19.9 Å². The van der Waals surface area contributed by atoms with Crippen LogP contribution in [-0.4, -0.2) is 66.4 Å². The number of hydrogen-bond acceptors (Lipinski definition) is 6. The molecule has 0 aliphatic carbocycles. The smallest absolute Gasteiger partial charge is 0.253 e. The normalized spacial score (nSPS) is 19.9. The van der Waals surface area contributed by atoms with E-state index in [1.165, 1.54) is 44.3 Å². The second-order valence-electron chi connectivity index (χ2n) is 5.55. The third-order valence-corrected chi connectivity index (χ3v) is 7.23. The van der Waals surface area contributed by atoms with E-state index in [9.17, 15) is 21.6 Å². The van der Waals surface area contributed by atoms with Gasteiger partial charge in [-0.1, -0.05) is 0 Å². The number of benzene rings is 1. The van der Waals surface area contributed by atoms with Crippen LogP contribution in [0, 0.1) is 0 Å². The van der Waals surface area contributed by atoms with Crippen LogP contribution in [0.2, 0.25) is 0 Å². The summed E-state index contributed by atoms with van der Waals surface area (Å²) in [5.74, 6) is -0.344. The molecule has 0 bridgehead atoms. The highest BCUT2D eigenvalue weighted by Gasteiger charge is 2.33. The molecule has 0 radical (unpaired) electrons. The molecule has 0 spiro atoms. The van der Waals surface area contributed by atoms with Crippen molar-refractivity contribution >= 4 is 25.8 Å². The lowest BCUT2D eigenvalue weighted by Gasteiger charge is -2.23. The summed E-state index contributed by atoms with van der Waals surface area (Å²) in [6.45, 7) is 0. The summed E-state index contributed by atoms with van der Waals surface area (Å²) < 4.78 is 54.5. The topological polar surface area (TPSA) is 110 Å². The van der Waals surface area contributed by atoms with Crippen molar-refractivity contribution in [1.82, 2.24) is 9.62 Å². The van der Waals surface area contributed by atoms with E-state index in [0.717, 1.165) is 0 Å². The average molecular weight is 376 g/mol. The van der Waals surface area contributed by atoms with E-state index in [1.807, 2.05) is 0 Å². The first-order valence-corrected chi connectivity index (χ1v) is 10.5. The molecular weight excluding hydrogens is 356 g/mol. The molecule has 134 valence electrons. The third kappa shape index (κ3) is 3.70. The number of sulfone groups is 1. The Hall–Kier alpha value is -1.65. The first-order chi connectivity index (χ1) is 11.1. The van der Waals surface area contributed by atoms with Gasteiger partial charge >= 0.3 is 0 Å². The maximum Gasteiger partial charge on any atom is 0.253 e. The van der Waals surface area contributed by atoms with Gasteiger partial charge < -0.3 is 9.64 Å². The minimum absolute atomic E-state index is 0.0529. The molecule has 1 aromatic carbocycles. The molecule has 1 aromatic rings. The first kappa shape index (κ1) is 18.7. The van der Waals surface area contributed by atoms with Gasteiger partial charge in [-0.05, 0) is 31.7 Å². The van der Waals surface area contributed by atoms with E-state index in [-0.39, 0.29) is 27.7 Å². The van der Waals surface area contributed by atoms with E-state index in [1.54, 1.807) is 0 Å². The quantitative estimate of drug-likeness (QED) is 0.766. The lowest BCUT2D eigenvalue weighted by atomic mass is 10.1. The molecule has 1 fully saturated rings. The Bertz CT molecular complexity index is 848. The number of nitrogens with one attached hydrogen (secondary N) is 1. The number of nitrogens with zero attached hydrogens (tertiary/aromatic N) is 1. The molecule has 1 atom stereocenters. The summed E-state index contributed by atoms with van der Waals surface area (Å²) in [6, 6.07) is 3.67. The summed E-state index contributed by atoms with van der Waals surface area (Å²) in [7, 11) is -2.81. The van der Waals surface area contributed by atoms with Gasteiger partial charge in [0, 0.05) is 18.7 Å². The van der Waals surface area contributed by atoms with Gasteiger partial charge in [0.1, 0.15) is 10.6 Å². The van der Waals surface area contributed by atoms with Crippen LogP contribution in [0.25, 0.3) is 0 Å². The SMILES string of the molecule is CNS(=O)(=O)c1cc(C(=O)N(C)C2CCS(=O)(=O)C2)ccc1OC. The van der Waals surface area contributed by atoms with Crippen molar-refractivity contribution in [3.8, 4) is 5.75 Å². The second kappa shape index (κ2) is 6.69. The molecular formula is C14H20N2O6S2. The van der Waals surface area contributed by atoms with Gasteiger partial charge in [-0.2, -0.15) is 0 Å². The largest absolute Gasteiger partial charge is 0.495 e. The molecule has 1 unspecified atom stereocenters. The van der Waals surface area contributed by atoms with Crippen LogP contribution in [0.4, 0.5) is 0 Å². The van der Waals surface area contributed by atoms with Gasteiger partial charge in [0.25, 0.3) is 5.91 Å². The van der Waals surface area contributed by atoms with Crippen molar-refractivity contribution in [3.63, 3.8) is 0 Å². The lowest BCUT2D eigenvalue weighted by Crippen LogP contribution is -2.38. The standard InChI is InChI=1S/C14H20N2O6S2/c1-15-24(20,21)13-8-10(4-5-12(13)22-3)14(17)16(2)11-6-7-23(18,19)9-11/h4-5,8,11,15H,6-7,9H2,1-3H3. The monoisotopic (exact) mass is 376 g/mol. The molecule has 10 heteroatoms. The zero-order chi connectivity index (χ0) is 18.1. The highest BCUT2D eigenvalue weighted by molar-refractivity contribution is 7.91. The maximum atomic E-state index is 12.6. The first-order valence-electron chi connectivity index (χ1n) is 7.20. The van der Waals surface area contributed by atoms with E-state index in [0.29, 0.717) is 6.42 Å². The molecule has 1 saturated heterocycles. The van der Waals surface area contributed by atoms with E-state index in [2.05, 4.69) is 4.72 Å². The van der Waals surface area contributed by atoms with Crippen LogP contribution in [0.5, 0.6) is 5.75 Å². The summed E-state index contributed by atoms with van der Waals surface area (Å²) in [5.41, 5.74) is 0.149. The van der Waals surface area contributed by atoms with E-state index >= 15 is 0 Å². The summed E-state index contributed by atoms with van der Waals surface area (Å²) in [4.78, 5) is 13.8. The van der Waals surface area contributed by atoms with Crippen LogP contribution < -0.4 is 9.46 Å². The molecule has 2 rings (SSSR count). The van der Waals surface area contributed by atoms with Crippen LogP contribution in [0.1, 0.15) is 16.8 Å². The van der Waals surface area contributed by atoms with E-state index in [4.69, 9.17) is 4.74 Å². The fourth-order valence-corrected chi connectivity index (χ4v) is 5.27. The Balaban J connectivity index is 2.35. The Kier molecular flexibility index (Phi) is 5.21. The number of hydrogen-bond donors (Lipinski definition) is 1. The highest BCUT2D eigenvalue weighted by atomic mass is 32.2. The van der Waals surface area contributed by atoms with Crippen molar-refractivity contribution in [1.29, 1.82) is 0 Å². The van der Waals surface area contributed by atoms with Crippen LogP contribution in [0.15, 0.2) is 23.1 Å². The van der Waals surface area contributed by atoms with Crippen molar-refractivity contribution in [3.05, 3.63) is 23.8 Å². The number of methoxy groups -OCH3 is 1. The van der Waals surface area contributed by atoms with Gasteiger partial charge in [0.05, 0.1) is 18.6 Å². The molecule has 1 N–H and O–H groups in total. The maximum absolute atomic E-state index is 12.6. The molecule has 0 aromatic heterocycles. The molecule has 1 amide bonds. The van der Waals surface area contributed by atoms with Gasteiger partial charge in [-0.25, -0.2) is 21.6 Å². The van der Waals surface area contributed by atoms with Crippen molar-refractivity contribution in [2.75, 3.05) is 32.7 Å². The minimum atomic E-state index is -3.80. The van der Waals surface area contributed by atoms with Gasteiger partial charge in [0.2, 0.25) is 10.0 Å². The van der Waals surface area contributed by atoms with Crippen molar-refractivity contribution in [2.24, 2.45) is 0 Å². The van der Waals surface area contributed by atoms with Gasteiger partial charge in [0.15, 0.2) is 9.84 Å². The van der Waals surface area contributed by atoms with Crippen LogP contribution in [0.3, 0.4) is 0 Å². The van der Waals surface area contributed by atoms with E-state index < -0.39 is 31.8 Å². The summed E-state index contributed by atoms with van der Waals surface area (Å²) in [6.07, 6.45) is 0.377. The zero-order valence-electron chi connectivity index (χ0n) is 13.6. The van der Waals surface area contributed by atoms with Gasteiger partial charge in [-0.15, -0.1) is 0 Å². The highest BCUT2D eigenvalue weighted by Crippen LogP contribution is 2.26. The average Bonchev–Trinajstić information content (AvgIpc) is 2.92. The number of ether oxygens (including phenoxy) is 1. The Morgan fingerprint density at radius 3 is 2.54 bits per heavy atom. The minimum Gasteiger partial charge on any atom is -0.495 e. The summed E-state index contributed by atoms with van der Waals surface area (Å²) in [5, 5.41) is 0. The molecule has 1 aliphatic rings. The van der Waals surface area contributed by atoms with Crippen molar-refractivity contribution in [2.45, 2.75) is 17.4 Å². The third-order valence-electron chi connectivity index (χ3n) is 4.05.